The summed E-state index contributed by atoms with van der Waals surface area (Å²) >= 11 is 5.10. The number of hydrogen-bond donors (Lipinski definition) is 2. The van der Waals surface area contributed by atoms with Crippen molar-refractivity contribution >= 4 is 12.2 Å². The van der Waals surface area contributed by atoms with E-state index in [1.165, 1.54) is 0 Å². The summed E-state index contributed by atoms with van der Waals surface area (Å²) in [5.41, 5.74) is 4.15. The highest BCUT2D eigenvalue weighted by Crippen LogP contribution is 2.20. The van der Waals surface area contributed by atoms with Gasteiger partial charge in [-0.1, -0.05) is 12.2 Å². The van der Waals surface area contributed by atoms with Crippen molar-refractivity contribution in [3.05, 3.63) is 34.1 Å². The maximum atomic E-state index is 5.10. The fourth-order valence-electron chi connectivity index (χ4n) is 1.36. The van der Waals surface area contributed by atoms with Crippen LogP contribution in [-0.2, 0) is 0 Å². The third-order valence-corrected chi connectivity index (χ3v) is 2.78. The Hall–Kier alpha value is -1.42. The molecule has 0 spiro atoms. The van der Waals surface area contributed by atoms with Crippen LogP contribution in [0.15, 0.2) is 18.3 Å². The molecule has 0 fully saturated rings. The zero-order valence-corrected chi connectivity index (χ0v) is 8.90. The van der Waals surface area contributed by atoms with Gasteiger partial charge in [-0.05, 0) is 37.1 Å². The van der Waals surface area contributed by atoms with Gasteiger partial charge in [0.2, 0.25) is 0 Å². The highest BCUT2D eigenvalue weighted by molar-refractivity contribution is 7.71. The zero-order chi connectivity index (χ0) is 10.1. The molecule has 3 nitrogen and oxygen atoms in total. The lowest BCUT2D eigenvalue weighted by atomic mass is 10.1. The van der Waals surface area contributed by atoms with E-state index in [0.29, 0.717) is 4.64 Å². The molecule has 2 aromatic heterocycles. The Balaban J connectivity index is 2.67. The van der Waals surface area contributed by atoms with Gasteiger partial charge in [-0.3, -0.25) is 5.10 Å². The summed E-state index contributed by atoms with van der Waals surface area (Å²) in [4.78, 5) is 3.12. The Kier molecular flexibility index (Phi) is 2.21. The minimum atomic E-state index is 0.706. The maximum Gasteiger partial charge on any atom is 0.122 e. The van der Waals surface area contributed by atoms with Gasteiger partial charge in [-0.2, -0.15) is 5.10 Å². The fourth-order valence-corrected chi connectivity index (χ4v) is 1.56. The molecule has 0 bridgehead atoms. The second kappa shape index (κ2) is 3.38. The van der Waals surface area contributed by atoms with E-state index in [9.17, 15) is 0 Å². The molecule has 0 aromatic carbocycles. The molecule has 0 unspecified atom stereocenters. The molecule has 4 heteroatoms. The molecule has 0 aliphatic rings. The molecule has 72 valence electrons. The fraction of sp³-hybridized carbons (Fsp3) is 0.200. The molecule has 0 amide bonds. The quantitative estimate of drug-likeness (QED) is 0.703. The Morgan fingerprint density at radius 3 is 2.71 bits per heavy atom. The van der Waals surface area contributed by atoms with Crippen molar-refractivity contribution in [1.82, 2.24) is 15.2 Å². The number of H-pyrrole nitrogens is 2. The lowest BCUT2D eigenvalue weighted by Crippen LogP contribution is -1.96. The largest absolute Gasteiger partial charge is 0.360 e. The van der Waals surface area contributed by atoms with Gasteiger partial charge in [-0.25, -0.2) is 0 Å². The molecule has 0 saturated carbocycles. The number of nitrogens with zero attached hydrogens (tertiary/aromatic N) is 1. The van der Waals surface area contributed by atoms with Crippen LogP contribution in [-0.4, -0.2) is 15.2 Å². The predicted molar refractivity (Wildman–Crippen MR) is 58.7 cm³/mol. The van der Waals surface area contributed by atoms with Crippen molar-refractivity contribution in [2.45, 2.75) is 13.8 Å². The lowest BCUT2D eigenvalue weighted by molar-refractivity contribution is 0.982. The van der Waals surface area contributed by atoms with Crippen LogP contribution in [0, 0.1) is 18.5 Å². The molecular weight excluding hydrogens is 194 g/mol. The molecule has 0 radical (unpaired) electrons. The van der Waals surface area contributed by atoms with Crippen molar-refractivity contribution in [3.63, 3.8) is 0 Å². The van der Waals surface area contributed by atoms with Crippen LogP contribution in [0.5, 0.6) is 0 Å². The van der Waals surface area contributed by atoms with Crippen LogP contribution in [0.3, 0.4) is 0 Å². The van der Waals surface area contributed by atoms with Gasteiger partial charge in [0.1, 0.15) is 10.3 Å². The van der Waals surface area contributed by atoms with Gasteiger partial charge >= 0.3 is 0 Å². The maximum absolute atomic E-state index is 5.10. The summed E-state index contributed by atoms with van der Waals surface area (Å²) in [5.74, 6) is 0. The van der Waals surface area contributed by atoms with Gasteiger partial charge in [0.15, 0.2) is 0 Å². The van der Waals surface area contributed by atoms with Gasteiger partial charge in [-0.15, -0.1) is 0 Å². The second-order valence-electron chi connectivity index (χ2n) is 3.24. The molecule has 0 atom stereocenters. The molecule has 2 N–H and O–H groups in total. The van der Waals surface area contributed by atoms with E-state index in [4.69, 9.17) is 12.2 Å². The van der Waals surface area contributed by atoms with Crippen LogP contribution in [0.4, 0.5) is 0 Å². The molecule has 2 heterocycles. The van der Waals surface area contributed by atoms with Crippen molar-refractivity contribution in [1.29, 1.82) is 0 Å². The number of nitrogens with one attached hydrogen (secondary N) is 2. The normalized spacial score (nSPS) is 10.4. The first-order valence-corrected chi connectivity index (χ1v) is 4.80. The Bertz CT molecular complexity index is 497. The molecule has 2 aromatic rings. The van der Waals surface area contributed by atoms with E-state index < -0.39 is 0 Å². The standard InChI is InChI=1S/C10H11N3S/c1-6-7(2)10(14)13-12-9(6)8-4-3-5-11-8/h3-5,11H,1-2H3,(H,13,14). The first-order valence-electron chi connectivity index (χ1n) is 4.40. The van der Waals surface area contributed by atoms with Crippen LogP contribution in [0.1, 0.15) is 11.1 Å². The van der Waals surface area contributed by atoms with E-state index in [1.54, 1.807) is 0 Å². The smallest absolute Gasteiger partial charge is 0.122 e. The average Bonchev–Trinajstić information content (AvgIpc) is 2.67. The average molecular weight is 205 g/mol. The summed E-state index contributed by atoms with van der Waals surface area (Å²) in [6.07, 6.45) is 1.88. The first-order chi connectivity index (χ1) is 6.70. The van der Waals surface area contributed by atoms with Crippen molar-refractivity contribution in [3.8, 4) is 11.4 Å². The third-order valence-electron chi connectivity index (χ3n) is 2.38. The second-order valence-corrected chi connectivity index (χ2v) is 3.64. The van der Waals surface area contributed by atoms with Gasteiger partial charge in [0.05, 0.1) is 5.69 Å². The molecule has 14 heavy (non-hydrogen) atoms. The zero-order valence-electron chi connectivity index (χ0n) is 8.09. The molecule has 2 rings (SSSR count). The molecular formula is C10H11N3S. The van der Waals surface area contributed by atoms with Gasteiger partial charge in [0.25, 0.3) is 0 Å². The van der Waals surface area contributed by atoms with E-state index in [1.807, 2.05) is 32.2 Å². The van der Waals surface area contributed by atoms with Crippen LogP contribution >= 0.6 is 12.2 Å². The minimum absolute atomic E-state index is 0.706. The Labute approximate surface area is 87.2 Å². The molecule has 0 saturated heterocycles. The van der Waals surface area contributed by atoms with E-state index in [-0.39, 0.29) is 0 Å². The third kappa shape index (κ3) is 1.37. The summed E-state index contributed by atoms with van der Waals surface area (Å²) in [6.45, 7) is 4.03. The Morgan fingerprint density at radius 1 is 1.29 bits per heavy atom. The minimum Gasteiger partial charge on any atom is -0.360 e. The molecule has 0 aliphatic heterocycles. The number of rotatable bonds is 1. The predicted octanol–water partition coefficient (Wildman–Crippen LogP) is 2.75. The highest BCUT2D eigenvalue weighted by atomic mass is 32.1. The summed E-state index contributed by atoms with van der Waals surface area (Å²) in [7, 11) is 0. The number of hydrogen-bond acceptors (Lipinski definition) is 2. The van der Waals surface area contributed by atoms with E-state index >= 15 is 0 Å². The number of aromatic nitrogens is 3. The SMILES string of the molecule is Cc1c(-c2ccc[nH]2)n[nH]c(=S)c1C. The van der Waals surface area contributed by atoms with Gasteiger partial charge < -0.3 is 4.98 Å². The van der Waals surface area contributed by atoms with Crippen molar-refractivity contribution in [2.75, 3.05) is 0 Å². The monoisotopic (exact) mass is 205 g/mol. The highest BCUT2D eigenvalue weighted by Gasteiger charge is 2.06. The van der Waals surface area contributed by atoms with Crippen LogP contribution < -0.4 is 0 Å². The lowest BCUT2D eigenvalue weighted by Gasteiger charge is -2.05. The van der Waals surface area contributed by atoms with Gasteiger partial charge in [0, 0.05) is 6.20 Å². The summed E-state index contributed by atoms with van der Waals surface area (Å²) in [5, 5.41) is 7.06. The van der Waals surface area contributed by atoms with E-state index in [2.05, 4.69) is 15.2 Å². The van der Waals surface area contributed by atoms with E-state index in [0.717, 1.165) is 22.5 Å². The molecule has 0 aliphatic carbocycles. The van der Waals surface area contributed by atoms with Crippen molar-refractivity contribution < 1.29 is 0 Å². The van der Waals surface area contributed by atoms with Crippen molar-refractivity contribution in [2.24, 2.45) is 0 Å². The van der Waals surface area contributed by atoms with Crippen LogP contribution in [0.2, 0.25) is 0 Å². The first kappa shape index (κ1) is 9.15. The summed E-state index contributed by atoms with van der Waals surface area (Å²) < 4.78 is 0.706. The number of aromatic amines is 2. The Morgan fingerprint density at radius 2 is 2.07 bits per heavy atom. The summed E-state index contributed by atoms with van der Waals surface area (Å²) in [6, 6.07) is 3.94. The topological polar surface area (TPSA) is 44.5 Å². The van der Waals surface area contributed by atoms with Crippen LogP contribution in [0.25, 0.3) is 11.4 Å².